The number of halogens is 1. The molecule has 2 aromatic heterocycles. The maximum absolute atomic E-state index is 6.06. The third-order valence-electron chi connectivity index (χ3n) is 5.43. The number of aromatic amines is 1. The Bertz CT molecular complexity index is 1470. The summed E-state index contributed by atoms with van der Waals surface area (Å²) < 4.78 is 2.22. The summed E-state index contributed by atoms with van der Waals surface area (Å²) in [5.41, 5.74) is 4.65. The Hall–Kier alpha value is -3.23. The van der Waals surface area contributed by atoms with E-state index in [9.17, 15) is 0 Å². The SMILES string of the molecule is Clc1ccc(-n2ccc3c4c(ccc32)[nH]c2ccc3ccccc3c24)cc1. The zero-order valence-corrected chi connectivity index (χ0v) is 15.2. The maximum atomic E-state index is 6.06. The minimum atomic E-state index is 0.751. The van der Waals surface area contributed by atoms with Crippen molar-refractivity contribution in [1.29, 1.82) is 0 Å². The van der Waals surface area contributed by atoms with Gasteiger partial charge in [0.15, 0.2) is 0 Å². The fraction of sp³-hybridized carbons (Fsp3) is 0. The molecule has 0 radical (unpaired) electrons. The van der Waals surface area contributed by atoms with E-state index in [1.165, 1.54) is 43.5 Å². The number of H-pyrrole nitrogens is 1. The molecule has 0 aliphatic heterocycles. The fourth-order valence-corrected chi connectivity index (χ4v) is 4.33. The predicted molar refractivity (Wildman–Crippen MR) is 115 cm³/mol. The number of aromatic nitrogens is 2. The first-order valence-electron chi connectivity index (χ1n) is 8.99. The van der Waals surface area contributed by atoms with Crippen LogP contribution >= 0.6 is 11.6 Å². The van der Waals surface area contributed by atoms with E-state index in [1.807, 2.05) is 12.1 Å². The zero-order valence-electron chi connectivity index (χ0n) is 14.4. The van der Waals surface area contributed by atoms with E-state index in [0.29, 0.717) is 0 Å². The highest BCUT2D eigenvalue weighted by Gasteiger charge is 2.13. The van der Waals surface area contributed by atoms with Crippen LogP contribution in [0.4, 0.5) is 0 Å². The molecule has 0 atom stereocenters. The van der Waals surface area contributed by atoms with Crippen molar-refractivity contribution in [3.8, 4) is 5.69 Å². The van der Waals surface area contributed by atoms with E-state index in [0.717, 1.165) is 10.7 Å². The first-order valence-corrected chi connectivity index (χ1v) is 9.36. The Morgan fingerprint density at radius 1 is 0.667 bits per heavy atom. The average molecular weight is 367 g/mol. The summed E-state index contributed by atoms with van der Waals surface area (Å²) in [6.45, 7) is 0. The lowest BCUT2D eigenvalue weighted by Gasteiger charge is -2.06. The Morgan fingerprint density at radius 3 is 2.26 bits per heavy atom. The van der Waals surface area contributed by atoms with Crippen LogP contribution in [0, 0.1) is 0 Å². The number of hydrogen-bond acceptors (Lipinski definition) is 0. The maximum Gasteiger partial charge on any atom is 0.0536 e. The number of nitrogens with zero attached hydrogens (tertiary/aromatic N) is 1. The predicted octanol–water partition coefficient (Wildman–Crippen LogP) is 7.07. The van der Waals surface area contributed by atoms with E-state index >= 15 is 0 Å². The van der Waals surface area contributed by atoms with Crippen LogP contribution in [0.5, 0.6) is 0 Å². The molecule has 4 aromatic carbocycles. The first kappa shape index (κ1) is 14.9. The standard InChI is InChI=1S/C24H15ClN2/c25-16-6-8-17(9-7-16)27-14-13-19-22(27)12-11-21-24(19)23-18-4-2-1-3-15(18)5-10-20(23)26-21/h1-14,26H. The van der Waals surface area contributed by atoms with Crippen molar-refractivity contribution in [3.05, 3.63) is 90.1 Å². The molecule has 0 saturated heterocycles. The Morgan fingerprint density at radius 2 is 1.41 bits per heavy atom. The van der Waals surface area contributed by atoms with E-state index in [4.69, 9.17) is 11.6 Å². The third kappa shape index (κ3) is 2.08. The van der Waals surface area contributed by atoms with Gasteiger partial charge in [0, 0.05) is 44.1 Å². The second-order valence-corrected chi connectivity index (χ2v) is 7.35. The van der Waals surface area contributed by atoms with Crippen molar-refractivity contribution in [2.75, 3.05) is 0 Å². The molecule has 128 valence electrons. The largest absolute Gasteiger partial charge is 0.354 e. The van der Waals surface area contributed by atoms with E-state index < -0.39 is 0 Å². The van der Waals surface area contributed by atoms with Gasteiger partial charge in [-0.05, 0) is 59.3 Å². The highest BCUT2D eigenvalue weighted by Crippen LogP contribution is 2.37. The van der Waals surface area contributed by atoms with Crippen LogP contribution in [0.15, 0.2) is 85.1 Å². The van der Waals surface area contributed by atoms with Crippen LogP contribution < -0.4 is 0 Å². The summed E-state index contributed by atoms with van der Waals surface area (Å²) >= 11 is 6.06. The van der Waals surface area contributed by atoms with Gasteiger partial charge >= 0.3 is 0 Å². The van der Waals surface area contributed by atoms with Crippen LogP contribution in [0.3, 0.4) is 0 Å². The van der Waals surface area contributed by atoms with Gasteiger partial charge in [-0.2, -0.15) is 0 Å². The molecule has 0 amide bonds. The second kappa shape index (κ2) is 5.38. The van der Waals surface area contributed by atoms with Crippen LogP contribution in [0.1, 0.15) is 0 Å². The Labute approximate surface area is 160 Å². The molecule has 27 heavy (non-hydrogen) atoms. The highest BCUT2D eigenvalue weighted by molar-refractivity contribution is 6.30. The van der Waals surface area contributed by atoms with Crippen LogP contribution in [0.25, 0.3) is 49.2 Å². The van der Waals surface area contributed by atoms with Gasteiger partial charge in [0.05, 0.1) is 5.52 Å². The van der Waals surface area contributed by atoms with Gasteiger partial charge in [0.2, 0.25) is 0 Å². The molecule has 0 unspecified atom stereocenters. The zero-order chi connectivity index (χ0) is 18.0. The minimum Gasteiger partial charge on any atom is -0.354 e. The van der Waals surface area contributed by atoms with Crippen molar-refractivity contribution < 1.29 is 0 Å². The van der Waals surface area contributed by atoms with Crippen molar-refractivity contribution >= 4 is 55.1 Å². The molecule has 3 heteroatoms. The summed E-state index contributed by atoms with van der Waals surface area (Å²) in [6.07, 6.45) is 2.14. The van der Waals surface area contributed by atoms with Gasteiger partial charge in [0.25, 0.3) is 0 Å². The molecule has 0 fully saturated rings. The Balaban J connectivity index is 1.76. The van der Waals surface area contributed by atoms with Gasteiger partial charge in [-0.3, -0.25) is 0 Å². The van der Waals surface area contributed by atoms with E-state index in [1.54, 1.807) is 0 Å². The topological polar surface area (TPSA) is 20.7 Å². The molecule has 0 saturated carbocycles. The molecule has 6 rings (SSSR count). The molecule has 6 aromatic rings. The van der Waals surface area contributed by atoms with Crippen LogP contribution in [0.2, 0.25) is 5.02 Å². The lowest BCUT2D eigenvalue weighted by atomic mass is 10.0. The van der Waals surface area contributed by atoms with Crippen molar-refractivity contribution in [2.24, 2.45) is 0 Å². The van der Waals surface area contributed by atoms with Gasteiger partial charge in [-0.1, -0.05) is 41.9 Å². The van der Waals surface area contributed by atoms with Crippen molar-refractivity contribution in [2.45, 2.75) is 0 Å². The lowest BCUT2D eigenvalue weighted by molar-refractivity contribution is 1.13. The van der Waals surface area contributed by atoms with E-state index in [-0.39, 0.29) is 0 Å². The number of benzene rings is 4. The number of hydrogen-bond donors (Lipinski definition) is 1. The molecule has 0 bridgehead atoms. The van der Waals surface area contributed by atoms with Crippen LogP contribution in [-0.4, -0.2) is 9.55 Å². The first-order chi connectivity index (χ1) is 13.3. The molecule has 2 heterocycles. The molecule has 0 aliphatic carbocycles. The van der Waals surface area contributed by atoms with E-state index in [2.05, 4.69) is 82.5 Å². The average Bonchev–Trinajstić information content (AvgIpc) is 3.29. The van der Waals surface area contributed by atoms with Crippen LogP contribution in [-0.2, 0) is 0 Å². The fourth-order valence-electron chi connectivity index (χ4n) is 4.21. The molecular weight excluding hydrogens is 352 g/mol. The Kier molecular flexibility index (Phi) is 2.97. The quantitative estimate of drug-likeness (QED) is 0.321. The van der Waals surface area contributed by atoms with Gasteiger partial charge in [-0.25, -0.2) is 0 Å². The summed E-state index contributed by atoms with van der Waals surface area (Å²) in [4.78, 5) is 3.59. The third-order valence-corrected chi connectivity index (χ3v) is 5.68. The molecule has 1 N–H and O–H groups in total. The van der Waals surface area contributed by atoms with Gasteiger partial charge in [-0.15, -0.1) is 0 Å². The molecular formula is C24H15ClN2. The number of nitrogens with one attached hydrogen (secondary N) is 1. The van der Waals surface area contributed by atoms with Gasteiger partial charge < -0.3 is 9.55 Å². The molecule has 2 nitrogen and oxygen atoms in total. The minimum absolute atomic E-state index is 0.751. The molecule has 0 spiro atoms. The molecule has 0 aliphatic rings. The summed E-state index contributed by atoms with van der Waals surface area (Å²) in [5.74, 6) is 0. The monoisotopic (exact) mass is 366 g/mol. The smallest absolute Gasteiger partial charge is 0.0536 e. The summed E-state index contributed by atoms with van der Waals surface area (Å²) in [5, 5.41) is 7.13. The van der Waals surface area contributed by atoms with Crippen molar-refractivity contribution in [1.82, 2.24) is 9.55 Å². The lowest BCUT2D eigenvalue weighted by Crippen LogP contribution is -1.90. The number of fused-ring (bicyclic) bond motifs is 7. The van der Waals surface area contributed by atoms with Gasteiger partial charge in [0.1, 0.15) is 0 Å². The normalized spacial score (nSPS) is 11.9. The summed E-state index contributed by atoms with van der Waals surface area (Å²) in [7, 11) is 0. The second-order valence-electron chi connectivity index (χ2n) is 6.92. The highest BCUT2D eigenvalue weighted by atomic mass is 35.5. The summed E-state index contributed by atoms with van der Waals surface area (Å²) in [6, 6.07) is 27.5. The van der Waals surface area contributed by atoms with Crippen molar-refractivity contribution in [3.63, 3.8) is 0 Å². The number of rotatable bonds is 1.